The second-order valence-corrected chi connectivity index (χ2v) is 4.69. The maximum Gasteiger partial charge on any atom is 0.354 e. The number of carbonyl (C=O) groups is 1. The van der Waals surface area contributed by atoms with E-state index in [-0.39, 0.29) is 11.1 Å². The van der Waals surface area contributed by atoms with Crippen molar-refractivity contribution in [2.45, 2.75) is 34.2 Å². The molecule has 1 aromatic rings. The third-order valence-electron chi connectivity index (χ3n) is 1.75. The average Bonchev–Trinajstić information content (AvgIpc) is 2.27. The smallest absolute Gasteiger partial charge is 0.354 e. The molecule has 14 heavy (non-hydrogen) atoms. The van der Waals surface area contributed by atoms with Crippen LogP contribution in [0, 0.1) is 12.3 Å². The molecular weight excluding hydrogens is 180 g/mol. The van der Waals surface area contributed by atoms with Gasteiger partial charge in [0.25, 0.3) is 0 Å². The zero-order valence-corrected chi connectivity index (χ0v) is 9.03. The van der Waals surface area contributed by atoms with E-state index < -0.39 is 5.97 Å². The number of hydrogen-bond acceptors (Lipinski definition) is 2. The van der Waals surface area contributed by atoms with Crippen LogP contribution in [0.3, 0.4) is 0 Å². The largest absolute Gasteiger partial charge is 0.477 e. The van der Waals surface area contributed by atoms with Crippen LogP contribution in [0.15, 0.2) is 6.07 Å². The van der Waals surface area contributed by atoms with Gasteiger partial charge in [0.1, 0.15) is 5.69 Å². The molecule has 1 N–H and O–H groups in total. The number of nitrogens with zero attached hydrogens (tertiary/aromatic N) is 2. The lowest BCUT2D eigenvalue weighted by atomic mass is 9.97. The molecule has 0 bridgehead atoms. The van der Waals surface area contributed by atoms with Crippen LogP contribution >= 0.6 is 0 Å². The van der Waals surface area contributed by atoms with Gasteiger partial charge in [-0.3, -0.25) is 4.68 Å². The first-order valence-electron chi connectivity index (χ1n) is 4.57. The minimum atomic E-state index is -0.921. The van der Waals surface area contributed by atoms with E-state index >= 15 is 0 Å². The standard InChI is InChI=1S/C10H16N2O2/c1-7-5-8(9(13)14)12(11-7)6-10(2,3)4/h5H,6H2,1-4H3,(H,13,14). The number of hydrogen-bond donors (Lipinski definition) is 1. The van der Waals surface area contributed by atoms with Crippen molar-refractivity contribution in [2.75, 3.05) is 0 Å². The summed E-state index contributed by atoms with van der Waals surface area (Å²) >= 11 is 0. The number of rotatable bonds is 2. The van der Waals surface area contributed by atoms with E-state index in [1.165, 1.54) is 0 Å². The van der Waals surface area contributed by atoms with Gasteiger partial charge in [0, 0.05) is 6.54 Å². The van der Waals surface area contributed by atoms with Crippen molar-refractivity contribution in [1.82, 2.24) is 9.78 Å². The number of aryl methyl sites for hydroxylation is 1. The lowest BCUT2D eigenvalue weighted by molar-refractivity contribution is 0.0680. The topological polar surface area (TPSA) is 55.1 Å². The molecule has 1 heterocycles. The van der Waals surface area contributed by atoms with Crippen LogP contribution in [0.2, 0.25) is 0 Å². The fourth-order valence-electron chi connectivity index (χ4n) is 1.29. The van der Waals surface area contributed by atoms with Gasteiger partial charge in [-0.15, -0.1) is 0 Å². The van der Waals surface area contributed by atoms with E-state index in [0.717, 1.165) is 5.69 Å². The van der Waals surface area contributed by atoms with E-state index in [0.29, 0.717) is 6.54 Å². The molecule has 1 rings (SSSR count). The molecule has 0 atom stereocenters. The Bertz CT molecular complexity index is 347. The Balaban J connectivity index is 3.02. The SMILES string of the molecule is Cc1cc(C(=O)O)n(CC(C)(C)C)n1. The Labute approximate surface area is 83.5 Å². The zero-order valence-electron chi connectivity index (χ0n) is 9.03. The van der Waals surface area contributed by atoms with Gasteiger partial charge in [-0.1, -0.05) is 20.8 Å². The van der Waals surface area contributed by atoms with E-state index in [1.54, 1.807) is 17.7 Å². The van der Waals surface area contributed by atoms with Crippen molar-refractivity contribution < 1.29 is 9.90 Å². The van der Waals surface area contributed by atoms with Crippen LogP contribution < -0.4 is 0 Å². The van der Waals surface area contributed by atoms with Crippen LogP contribution in [-0.2, 0) is 6.54 Å². The quantitative estimate of drug-likeness (QED) is 0.786. The molecule has 4 heteroatoms. The Hall–Kier alpha value is -1.32. The number of carboxylic acid groups (broad SMARTS) is 1. The normalized spacial score (nSPS) is 11.7. The third kappa shape index (κ3) is 2.58. The van der Waals surface area contributed by atoms with Crippen LogP contribution in [0.4, 0.5) is 0 Å². The van der Waals surface area contributed by atoms with Crippen LogP contribution in [0.5, 0.6) is 0 Å². The highest BCUT2D eigenvalue weighted by atomic mass is 16.4. The summed E-state index contributed by atoms with van der Waals surface area (Å²) in [6.45, 7) is 8.56. The molecule has 4 nitrogen and oxygen atoms in total. The second-order valence-electron chi connectivity index (χ2n) is 4.69. The summed E-state index contributed by atoms with van der Waals surface area (Å²) in [5, 5.41) is 13.1. The van der Waals surface area contributed by atoms with Crippen LogP contribution in [0.1, 0.15) is 37.0 Å². The Morgan fingerprint density at radius 1 is 1.57 bits per heavy atom. The first kappa shape index (κ1) is 10.8. The summed E-state index contributed by atoms with van der Waals surface area (Å²) in [6.07, 6.45) is 0. The van der Waals surface area contributed by atoms with Crippen LogP contribution in [-0.4, -0.2) is 20.9 Å². The van der Waals surface area contributed by atoms with Crippen molar-refractivity contribution in [3.05, 3.63) is 17.5 Å². The van der Waals surface area contributed by atoms with E-state index in [4.69, 9.17) is 5.11 Å². The van der Waals surface area contributed by atoms with Gasteiger partial charge in [0.2, 0.25) is 0 Å². The van der Waals surface area contributed by atoms with Crippen LogP contribution in [0.25, 0.3) is 0 Å². The van der Waals surface area contributed by atoms with Gasteiger partial charge in [-0.25, -0.2) is 4.79 Å². The predicted octanol–water partition coefficient (Wildman–Crippen LogP) is 1.94. The first-order chi connectivity index (χ1) is 6.29. The van der Waals surface area contributed by atoms with Gasteiger partial charge in [-0.05, 0) is 18.4 Å². The Kier molecular flexibility index (Phi) is 2.64. The Morgan fingerprint density at radius 2 is 2.14 bits per heavy atom. The van der Waals surface area contributed by atoms with Gasteiger partial charge in [-0.2, -0.15) is 5.10 Å². The molecule has 0 aliphatic heterocycles. The van der Waals surface area contributed by atoms with Gasteiger partial charge < -0.3 is 5.11 Å². The molecule has 0 aliphatic carbocycles. The summed E-state index contributed by atoms with van der Waals surface area (Å²) in [6, 6.07) is 1.59. The lowest BCUT2D eigenvalue weighted by Crippen LogP contribution is -2.20. The Morgan fingerprint density at radius 3 is 2.57 bits per heavy atom. The van der Waals surface area contributed by atoms with Crippen molar-refractivity contribution >= 4 is 5.97 Å². The van der Waals surface area contributed by atoms with Crippen molar-refractivity contribution in [1.29, 1.82) is 0 Å². The molecule has 0 amide bonds. The van der Waals surface area contributed by atoms with Crippen molar-refractivity contribution in [3.63, 3.8) is 0 Å². The minimum Gasteiger partial charge on any atom is -0.477 e. The van der Waals surface area contributed by atoms with E-state index in [1.807, 2.05) is 0 Å². The van der Waals surface area contributed by atoms with Gasteiger partial charge in [0.15, 0.2) is 0 Å². The maximum absolute atomic E-state index is 10.9. The number of aromatic nitrogens is 2. The monoisotopic (exact) mass is 196 g/mol. The van der Waals surface area contributed by atoms with Crippen molar-refractivity contribution in [2.24, 2.45) is 5.41 Å². The van der Waals surface area contributed by atoms with Crippen molar-refractivity contribution in [3.8, 4) is 0 Å². The highest BCUT2D eigenvalue weighted by Crippen LogP contribution is 2.17. The fraction of sp³-hybridized carbons (Fsp3) is 0.600. The maximum atomic E-state index is 10.9. The molecule has 78 valence electrons. The first-order valence-corrected chi connectivity index (χ1v) is 4.57. The van der Waals surface area contributed by atoms with Gasteiger partial charge >= 0.3 is 5.97 Å². The highest BCUT2D eigenvalue weighted by molar-refractivity contribution is 5.85. The lowest BCUT2D eigenvalue weighted by Gasteiger charge is -2.18. The summed E-state index contributed by atoms with van der Waals surface area (Å²) in [5.41, 5.74) is 1.03. The molecule has 0 unspecified atom stereocenters. The molecule has 0 aliphatic rings. The number of carboxylic acids is 1. The molecule has 0 spiro atoms. The molecular formula is C10H16N2O2. The predicted molar refractivity (Wildman–Crippen MR) is 53.4 cm³/mol. The molecule has 0 fully saturated rings. The zero-order chi connectivity index (χ0) is 10.9. The third-order valence-corrected chi connectivity index (χ3v) is 1.75. The second kappa shape index (κ2) is 3.44. The van der Waals surface area contributed by atoms with Gasteiger partial charge in [0.05, 0.1) is 5.69 Å². The molecule has 1 aromatic heterocycles. The molecule has 0 saturated carbocycles. The van der Waals surface area contributed by atoms with E-state index in [9.17, 15) is 4.79 Å². The molecule has 0 aromatic carbocycles. The fourth-order valence-corrected chi connectivity index (χ4v) is 1.29. The summed E-state index contributed by atoms with van der Waals surface area (Å²) in [4.78, 5) is 10.9. The summed E-state index contributed by atoms with van der Waals surface area (Å²) < 4.78 is 1.55. The van der Waals surface area contributed by atoms with E-state index in [2.05, 4.69) is 25.9 Å². The summed E-state index contributed by atoms with van der Waals surface area (Å²) in [5.74, 6) is -0.921. The average molecular weight is 196 g/mol. The summed E-state index contributed by atoms with van der Waals surface area (Å²) in [7, 11) is 0. The number of aromatic carboxylic acids is 1. The molecule has 0 saturated heterocycles. The highest BCUT2D eigenvalue weighted by Gasteiger charge is 2.18. The minimum absolute atomic E-state index is 0.0304. The molecule has 0 radical (unpaired) electrons.